The Hall–Kier alpha value is -2.48. The fourth-order valence-electron chi connectivity index (χ4n) is 3.79. The summed E-state index contributed by atoms with van der Waals surface area (Å²) in [6.07, 6.45) is 1.75. The van der Waals surface area contributed by atoms with Gasteiger partial charge >= 0.3 is 0 Å². The Morgan fingerprint density at radius 2 is 1.79 bits per heavy atom. The van der Waals surface area contributed by atoms with Crippen LogP contribution in [-0.2, 0) is 16.6 Å². The number of quaternary nitrogens is 1. The standard InChI is InChI=1S/C22H25N3O3S/c1-17-8-9-21(18(2)14-17)29(26,27)25-12-10-24(11-13-25)16-22-23-15-20(28-22)19-6-4-3-5-7-19/h3-9,14-15H,10-13,16H2,1-2H3/p+1. The molecule has 0 aliphatic carbocycles. The van der Waals surface area contributed by atoms with E-state index in [1.807, 2.05) is 56.3 Å². The fraction of sp³-hybridized carbons (Fsp3) is 0.318. The largest absolute Gasteiger partial charge is 0.435 e. The summed E-state index contributed by atoms with van der Waals surface area (Å²) >= 11 is 0. The lowest BCUT2D eigenvalue weighted by Gasteiger charge is -2.31. The summed E-state index contributed by atoms with van der Waals surface area (Å²) in [6, 6.07) is 15.4. The van der Waals surface area contributed by atoms with Crippen LogP contribution in [0.2, 0.25) is 0 Å². The molecule has 7 heteroatoms. The first-order chi connectivity index (χ1) is 13.9. The molecular weight excluding hydrogens is 386 g/mol. The van der Waals surface area contributed by atoms with Gasteiger partial charge in [-0.3, -0.25) is 0 Å². The highest BCUT2D eigenvalue weighted by molar-refractivity contribution is 7.89. The molecule has 0 unspecified atom stereocenters. The minimum Gasteiger partial charge on any atom is -0.435 e. The molecule has 2 heterocycles. The van der Waals surface area contributed by atoms with Crippen LogP contribution in [0.5, 0.6) is 0 Å². The lowest BCUT2D eigenvalue weighted by molar-refractivity contribution is -0.918. The molecule has 0 bridgehead atoms. The number of nitrogens with zero attached hydrogens (tertiary/aromatic N) is 2. The maximum atomic E-state index is 13.0. The van der Waals surface area contributed by atoms with E-state index in [9.17, 15) is 8.42 Å². The van der Waals surface area contributed by atoms with Crippen LogP contribution in [0.25, 0.3) is 11.3 Å². The van der Waals surface area contributed by atoms with Crippen LogP contribution in [-0.4, -0.2) is 43.9 Å². The van der Waals surface area contributed by atoms with Crippen molar-refractivity contribution in [2.45, 2.75) is 25.3 Å². The van der Waals surface area contributed by atoms with Gasteiger partial charge in [0.15, 0.2) is 12.3 Å². The summed E-state index contributed by atoms with van der Waals surface area (Å²) in [7, 11) is -3.46. The third-order valence-corrected chi connectivity index (χ3v) is 7.45. The molecule has 1 fully saturated rings. The lowest BCUT2D eigenvalue weighted by atomic mass is 10.2. The Bertz CT molecular complexity index is 1090. The Balaban J connectivity index is 1.39. The predicted octanol–water partition coefficient (Wildman–Crippen LogP) is 2.05. The first-order valence-corrected chi connectivity index (χ1v) is 11.3. The van der Waals surface area contributed by atoms with Crippen LogP contribution < -0.4 is 4.90 Å². The van der Waals surface area contributed by atoms with Gasteiger partial charge in [0.2, 0.25) is 10.0 Å². The van der Waals surface area contributed by atoms with E-state index in [0.29, 0.717) is 30.4 Å². The molecule has 6 nitrogen and oxygen atoms in total. The predicted molar refractivity (Wildman–Crippen MR) is 111 cm³/mol. The van der Waals surface area contributed by atoms with Crippen LogP contribution in [0.3, 0.4) is 0 Å². The summed E-state index contributed by atoms with van der Waals surface area (Å²) in [5, 5.41) is 0. The number of sulfonamides is 1. The van der Waals surface area contributed by atoms with E-state index in [1.54, 1.807) is 16.6 Å². The molecule has 1 aliphatic rings. The van der Waals surface area contributed by atoms with E-state index >= 15 is 0 Å². The molecule has 1 saturated heterocycles. The number of nitrogens with one attached hydrogen (secondary N) is 1. The molecule has 0 radical (unpaired) electrons. The Kier molecular flexibility index (Phi) is 5.54. The van der Waals surface area contributed by atoms with Gasteiger partial charge < -0.3 is 9.32 Å². The maximum absolute atomic E-state index is 13.0. The van der Waals surface area contributed by atoms with E-state index in [0.717, 1.165) is 35.5 Å². The van der Waals surface area contributed by atoms with E-state index in [4.69, 9.17) is 4.42 Å². The molecule has 2 aromatic carbocycles. The van der Waals surface area contributed by atoms with Gasteiger partial charge in [-0.2, -0.15) is 4.31 Å². The van der Waals surface area contributed by atoms with Crippen LogP contribution in [0.15, 0.2) is 64.0 Å². The molecule has 0 spiro atoms. The highest BCUT2D eigenvalue weighted by atomic mass is 32.2. The Morgan fingerprint density at radius 1 is 1.07 bits per heavy atom. The second kappa shape index (κ2) is 8.10. The quantitative estimate of drug-likeness (QED) is 0.697. The van der Waals surface area contributed by atoms with Crippen molar-refractivity contribution >= 4 is 10.0 Å². The maximum Gasteiger partial charge on any atom is 0.250 e. The molecule has 29 heavy (non-hydrogen) atoms. The zero-order valence-electron chi connectivity index (χ0n) is 16.8. The average Bonchev–Trinajstić information content (AvgIpc) is 3.17. The number of aromatic nitrogens is 1. The van der Waals surface area contributed by atoms with Gasteiger partial charge in [0.05, 0.1) is 37.3 Å². The Morgan fingerprint density at radius 3 is 2.48 bits per heavy atom. The van der Waals surface area contributed by atoms with Gasteiger partial charge in [0.1, 0.15) is 0 Å². The molecular formula is C22H26N3O3S+. The number of benzene rings is 2. The van der Waals surface area contributed by atoms with Crippen molar-refractivity contribution in [1.29, 1.82) is 0 Å². The molecule has 3 aromatic rings. The van der Waals surface area contributed by atoms with Crippen LogP contribution in [0.1, 0.15) is 17.0 Å². The van der Waals surface area contributed by atoms with Crippen molar-refractivity contribution in [3.63, 3.8) is 0 Å². The zero-order chi connectivity index (χ0) is 20.4. The summed E-state index contributed by atoms with van der Waals surface area (Å²) in [6.45, 7) is 6.94. The van der Waals surface area contributed by atoms with Crippen LogP contribution in [0, 0.1) is 13.8 Å². The van der Waals surface area contributed by atoms with Gasteiger partial charge in [0, 0.05) is 5.56 Å². The SMILES string of the molecule is Cc1ccc(S(=O)(=O)N2CC[NH+](Cc3ncc(-c4ccccc4)o3)CC2)c(C)c1. The van der Waals surface area contributed by atoms with Crippen molar-refractivity contribution in [1.82, 2.24) is 9.29 Å². The molecule has 1 aromatic heterocycles. The number of piperazine rings is 1. The van der Waals surface area contributed by atoms with Gasteiger partial charge in [0.25, 0.3) is 5.89 Å². The Labute approximate surface area is 171 Å². The second-order valence-electron chi connectivity index (χ2n) is 7.58. The summed E-state index contributed by atoms with van der Waals surface area (Å²) in [5.74, 6) is 1.44. The highest BCUT2D eigenvalue weighted by Gasteiger charge is 2.31. The first-order valence-electron chi connectivity index (χ1n) is 9.84. The van der Waals surface area contributed by atoms with E-state index < -0.39 is 10.0 Å². The molecule has 0 amide bonds. The minimum atomic E-state index is -3.46. The van der Waals surface area contributed by atoms with Crippen molar-refractivity contribution in [3.8, 4) is 11.3 Å². The second-order valence-corrected chi connectivity index (χ2v) is 9.49. The van der Waals surface area contributed by atoms with Gasteiger partial charge in [-0.15, -0.1) is 0 Å². The van der Waals surface area contributed by atoms with Crippen LogP contribution in [0.4, 0.5) is 0 Å². The summed E-state index contributed by atoms with van der Waals surface area (Å²) < 4.78 is 33.6. The lowest BCUT2D eigenvalue weighted by Crippen LogP contribution is -3.13. The van der Waals surface area contributed by atoms with E-state index in [-0.39, 0.29) is 0 Å². The van der Waals surface area contributed by atoms with Crippen molar-refractivity contribution < 1.29 is 17.7 Å². The van der Waals surface area contributed by atoms with Gasteiger partial charge in [-0.05, 0) is 25.5 Å². The van der Waals surface area contributed by atoms with E-state index in [1.165, 1.54) is 4.90 Å². The number of aryl methyl sites for hydroxylation is 2. The summed E-state index contributed by atoms with van der Waals surface area (Å²) in [5.41, 5.74) is 2.87. The van der Waals surface area contributed by atoms with Crippen molar-refractivity contribution in [2.24, 2.45) is 0 Å². The molecule has 0 saturated carbocycles. The molecule has 1 N–H and O–H groups in total. The number of rotatable bonds is 5. The monoisotopic (exact) mass is 412 g/mol. The molecule has 0 atom stereocenters. The summed E-state index contributed by atoms with van der Waals surface area (Å²) in [4.78, 5) is 6.09. The third kappa shape index (κ3) is 4.27. The molecule has 152 valence electrons. The smallest absolute Gasteiger partial charge is 0.250 e. The first kappa shape index (κ1) is 19.8. The van der Waals surface area contributed by atoms with Crippen molar-refractivity contribution in [3.05, 3.63) is 71.7 Å². The minimum absolute atomic E-state index is 0.409. The van der Waals surface area contributed by atoms with Crippen molar-refractivity contribution in [2.75, 3.05) is 26.2 Å². The van der Waals surface area contributed by atoms with E-state index in [2.05, 4.69) is 4.98 Å². The number of hydrogen-bond acceptors (Lipinski definition) is 4. The van der Waals surface area contributed by atoms with Crippen LogP contribution >= 0.6 is 0 Å². The van der Waals surface area contributed by atoms with Gasteiger partial charge in [-0.25, -0.2) is 13.4 Å². The highest BCUT2D eigenvalue weighted by Crippen LogP contribution is 2.21. The molecule has 1 aliphatic heterocycles. The third-order valence-electron chi connectivity index (χ3n) is 5.39. The van der Waals surface area contributed by atoms with Gasteiger partial charge in [-0.1, -0.05) is 48.0 Å². The zero-order valence-corrected chi connectivity index (χ0v) is 17.6. The number of hydrogen-bond donors (Lipinski definition) is 1. The fourth-order valence-corrected chi connectivity index (χ4v) is 5.44. The number of oxazole rings is 1. The topological polar surface area (TPSA) is 67.8 Å². The average molecular weight is 413 g/mol. The normalized spacial score (nSPS) is 16.2. The molecule has 4 rings (SSSR count).